The van der Waals surface area contributed by atoms with Crippen LogP contribution in [0.4, 0.5) is 4.79 Å². The maximum absolute atomic E-state index is 12.2. The molecule has 3 rings (SSSR count). The van der Waals surface area contributed by atoms with Crippen molar-refractivity contribution in [3.63, 3.8) is 0 Å². The first-order valence-electron chi connectivity index (χ1n) is 6.99. The minimum Gasteiger partial charge on any atom is -0.334 e. The molecule has 1 N–H and O–H groups in total. The number of rotatable bonds is 3. The first-order valence-corrected chi connectivity index (χ1v) is 6.99. The lowest BCUT2D eigenvalue weighted by molar-refractivity contribution is 0.210. The summed E-state index contributed by atoms with van der Waals surface area (Å²) in [5, 5.41) is 2.93. The van der Waals surface area contributed by atoms with Crippen LogP contribution in [0.1, 0.15) is 11.1 Å². The van der Waals surface area contributed by atoms with Crippen LogP contribution in [0.15, 0.2) is 60.9 Å². The molecule has 0 unspecified atom stereocenters. The van der Waals surface area contributed by atoms with Crippen molar-refractivity contribution in [3.05, 3.63) is 72.1 Å². The number of hydrogen-bond donors (Lipinski definition) is 1. The number of amides is 2. The number of nitrogens with one attached hydrogen (secondary N) is 1. The number of hydrogen-bond acceptors (Lipinski definition) is 2. The summed E-state index contributed by atoms with van der Waals surface area (Å²) in [6.45, 7) is 1.82. The summed E-state index contributed by atoms with van der Waals surface area (Å²) in [4.78, 5) is 18.0. The summed E-state index contributed by atoms with van der Waals surface area (Å²) in [5.74, 6) is 0. The minimum atomic E-state index is -0.0407. The molecule has 106 valence electrons. The molecule has 0 bridgehead atoms. The van der Waals surface area contributed by atoms with Gasteiger partial charge in [0, 0.05) is 32.0 Å². The van der Waals surface area contributed by atoms with Gasteiger partial charge in [0.25, 0.3) is 0 Å². The van der Waals surface area contributed by atoms with Crippen LogP contribution in [-0.4, -0.2) is 29.0 Å². The van der Waals surface area contributed by atoms with E-state index >= 15 is 0 Å². The summed E-state index contributed by atoms with van der Waals surface area (Å²) in [6, 6.07) is 13.9. The highest BCUT2D eigenvalue weighted by molar-refractivity contribution is 5.80. The zero-order valence-electron chi connectivity index (χ0n) is 11.7. The van der Waals surface area contributed by atoms with E-state index in [1.165, 1.54) is 11.1 Å². The summed E-state index contributed by atoms with van der Waals surface area (Å²) in [6.07, 6.45) is 5.60. The highest BCUT2D eigenvalue weighted by Gasteiger charge is 2.19. The van der Waals surface area contributed by atoms with Crippen LogP contribution < -0.4 is 5.32 Å². The van der Waals surface area contributed by atoms with E-state index in [0.717, 1.165) is 5.56 Å². The van der Waals surface area contributed by atoms with Gasteiger partial charge in [0.1, 0.15) is 0 Å². The molecule has 1 aliphatic heterocycles. The van der Waals surface area contributed by atoms with Gasteiger partial charge in [0.05, 0.1) is 0 Å². The van der Waals surface area contributed by atoms with Crippen LogP contribution in [0.2, 0.25) is 0 Å². The van der Waals surface area contributed by atoms with E-state index in [2.05, 4.69) is 28.5 Å². The average Bonchev–Trinajstić information content (AvgIpc) is 3.04. The fourth-order valence-corrected chi connectivity index (χ4v) is 2.36. The zero-order chi connectivity index (χ0) is 14.5. The molecule has 0 spiro atoms. The fourth-order valence-electron chi connectivity index (χ4n) is 2.36. The standard InChI is InChI=1S/C17H17N3O/c21-17(19-12-14-5-4-9-18-11-14)20-10-8-16(13-20)15-6-2-1-3-7-15/h1-9,11H,10,12-13H2,(H,19,21). The summed E-state index contributed by atoms with van der Waals surface area (Å²) < 4.78 is 0. The van der Waals surface area contributed by atoms with Gasteiger partial charge in [-0.25, -0.2) is 4.79 Å². The second kappa shape index (κ2) is 6.22. The third-order valence-corrected chi connectivity index (χ3v) is 3.52. The van der Waals surface area contributed by atoms with Crippen molar-refractivity contribution in [2.24, 2.45) is 0 Å². The molecule has 4 heteroatoms. The number of pyridine rings is 1. The van der Waals surface area contributed by atoms with Crippen molar-refractivity contribution in [1.82, 2.24) is 15.2 Å². The van der Waals surface area contributed by atoms with Crippen molar-refractivity contribution in [2.45, 2.75) is 6.54 Å². The molecular formula is C17H17N3O. The van der Waals surface area contributed by atoms with Gasteiger partial charge in [-0.1, -0.05) is 42.5 Å². The molecule has 0 radical (unpaired) electrons. The Kier molecular flexibility index (Phi) is 3.96. The predicted molar refractivity (Wildman–Crippen MR) is 82.5 cm³/mol. The Morgan fingerprint density at radius 1 is 1.19 bits per heavy atom. The SMILES string of the molecule is O=C(NCc1cccnc1)N1CC=C(c2ccccc2)C1. The topological polar surface area (TPSA) is 45.2 Å². The Bertz CT molecular complexity index is 638. The molecule has 0 saturated carbocycles. The van der Waals surface area contributed by atoms with Gasteiger partial charge < -0.3 is 10.2 Å². The Balaban J connectivity index is 1.54. The highest BCUT2D eigenvalue weighted by Crippen LogP contribution is 2.20. The lowest BCUT2D eigenvalue weighted by atomic mass is 10.1. The first kappa shape index (κ1) is 13.4. The molecule has 0 saturated heterocycles. The molecule has 2 amide bonds. The maximum Gasteiger partial charge on any atom is 0.318 e. The van der Waals surface area contributed by atoms with Crippen molar-refractivity contribution >= 4 is 11.6 Å². The Morgan fingerprint density at radius 2 is 2.05 bits per heavy atom. The van der Waals surface area contributed by atoms with Gasteiger partial charge in [-0.2, -0.15) is 0 Å². The van der Waals surface area contributed by atoms with Crippen molar-refractivity contribution < 1.29 is 4.79 Å². The molecule has 0 fully saturated rings. The third-order valence-electron chi connectivity index (χ3n) is 3.52. The molecule has 1 aliphatic rings. The maximum atomic E-state index is 12.2. The van der Waals surface area contributed by atoms with Crippen LogP contribution in [0.3, 0.4) is 0 Å². The smallest absolute Gasteiger partial charge is 0.318 e. The van der Waals surface area contributed by atoms with E-state index in [-0.39, 0.29) is 6.03 Å². The third kappa shape index (κ3) is 3.28. The molecule has 21 heavy (non-hydrogen) atoms. The second-order valence-electron chi connectivity index (χ2n) is 5.00. The number of carbonyl (C=O) groups excluding carboxylic acids is 1. The normalized spacial score (nSPS) is 13.9. The molecule has 0 atom stereocenters. The molecule has 2 aromatic rings. The monoisotopic (exact) mass is 279 g/mol. The van der Waals surface area contributed by atoms with Crippen LogP contribution in [-0.2, 0) is 6.54 Å². The fraction of sp³-hybridized carbons (Fsp3) is 0.176. The lowest BCUT2D eigenvalue weighted by Gasteiger charge is -2.17. The predicted octanol–water partition coefficient (Wildman–Crippen LogP) is 2.69. The molecule has 0 aliphatic carbocycles. The molecule has 1 aromatic heterocycles. The van der Waals surface area contributed by atoms with Gasteiger partial charge in [-0.3, -0.25) is 4.98 Å². The second-order valence-corrected chi connectivity index (χ2v) is 5.00. The van der Waals surface area contributed by atoms with Crippen LogP contribution in [0.5, 0.6) is 0 Å². The zero-order valence-corrected chi connectivity index (χ0v) is 11.7. The average molecular weight is 279 g/mol. The largest absolute Gasteiger partial charge is 0.334 e. The van der Waals surface area contributed by atoms with E-state index in [9.17, 15) is 4.79 Å². The van der Waals surface area contributed by atoms with Gasteiger partial charge in [0.15, 0.2) is 0 Å². The van der Waals surface area contributed by atoms with Crippen molar-refractivity contribution in [1.29, 1.82) is 0 Å². The molecule has 4 nitrogen and oxygen atoms in total. The minimum absolute atomic E-state index is 0.0407. The Labute approximate surface area is 124 Å². The highest BCUT2D eigenvalue weighted by atomic mass is 16.2. The quantitative estimate of drug-likeness (QED) is 0.939. The number of benzene rings is 1. The number of aromatic nitrogens is 1. The Hall–Kier alpha value is -2.62. The number of urea groups is 1. The van der Waals surface area contributed by atoms with E-state index in [1.807, 2.05) is 30.3 Å². The van der Waals surface area contributed by atoms with Gasteiger partial charge >= 0.3 is 6.03 Å². The van der Waals surface area contributed by atoms with Crippen molar-refractivity contribution in [3.8, 4) is 0 Å². The summed E-state index contributed by atoms with van der Waals surface area (Å²) in [7, 11) is 0. The Morgan fingerprint density at radius 3 is 2.81 bits per heavy atom. The number of nitrogens with zero attached hydrogens (tertiary/aromatic N) is 2. The van der Waals surface area contributed by atoms with E-state index in [4.69, 9.17) is 0 Å². The van der Waals surface area contributed by atoms with Gasteiger partial charge in [0.2, 0.25) is 0 Å². The van der Waals surface area contributed by atoms with Crippen LogP contribution >= 0.6 is 0 Å². The van der Waals surface area contributed by atoms with Crippen molar-refractivity contribution in [2.75, 3.05) is 13.1 Å². The molecular weight excluding hydrogens is 262 g/mol. The molecule has 1 aromatic carbocycles. The van der Waals surface area contributed by atoms with Crippen LogP contribution in [0, 0.1) is 0 Å². The first-order chi connectivity index (χ1) is 10.3. The molecule has 2 heterocycles. The van der Waals surface area contributed by atoms with Gasteiger partial charge in [-0.15, -0.1) is 0 Å². The van der Waals surface area contributed by atoms with E-state index in [1.54, 1.807) is 17.3 Å². The summed E-state index contributed by atoms with van der Waals surface area (Å²) in [5.41, 5.74) is 3.38. The number of carbonyl (C=O) groups is 1. The van der Waals surface area contributed by atoms with Crippen LogP contribution in [0.25, 0.3) is 5.57 Å². The lowest BCUT2D eigenvalue weighted by Crippen LogP contribution is -2.38. The van der Waals surface area contributed by atoms with Gasteiger partial charge in [-0.05, 0) is 22.8 Å². The van der Waals surface area contributed by atoms with E-state index < -0.39 is 0 Å². The van der Waals surface area contributed by atoms with E-state index in [0.29, 0.717) is 19.6 Å². The summed E-state index contributed by atoms with van der Waals surface area (Å²) >= 11 is 0.